The highest BCUT2D eigenvalue weighted by atomic mass is 16.3. The Morgan fingerprint density at radius 3 is 2.45 bits per heavy atom. The first kappa shape index (κ1) is 24.6. The van der Waals surface area contributed by atoms with Crippen LogP contribution in [-0.4, -0.2) is 33.1 Å². The monoisotopic (exact) mass is 428 g/mol. The first-order valence-electron chi connectivity index (χ1n) is 12.5. The highest BCUT2D eigenvalue weighted by molar-refractivity contribution is 5.26. The third-order valence-electron chi connectivity index (χ3n) is 8.48. The number of hydrogen-bond donors (Lipinski definition) is 3. The molecular weight excluding hydrogens is 384 g/mol. The quantitative estimate of drug-likeness (QED) is 0.526. The fraction of sp³-hybridized carbons (Fsp3) is 0.786. The predicted octanol–water partition coefficient (Wildman–Crippen LogP) is 5.40. The normalized spacial score (nSPS) is 38.4. The van der Waals surface area contributed by atoms with E-state index in [1.807, 2.05) is 6.92 Å². The van der Waals surface area contributed by atoms with Crippen molar-refractivity contribution in [3.63, 3.8) is 0 Å². The Balaban J connectivity index is 1.71. The van der Waals surface area contributed by atoms with Gasteiger partial charge in [0.25, 0.3) is 0 Å². The molecule has 3 nitrogen and oxygen atoms in total. The molecule has 3 aliphatic rings. The lowest BCUT2D eigenvalue weighted by Gasteiger charge is -2.44. The van der Waals surface area contributed by atoms with Gasteiger partial charge in [-0.1, -0.05) is 50.0 Å². The molecule has 174 valence electrons. The van der Waals surface area contributed by atoms with E-state index in [1.165, 1.54) is 37.7 Å². The molecule has 6 atom stereocenters. The second-order valence-electron chi connectivity index (χ2n) is 11.3. The molecule has 0 bridgehead atoms. The van der Waals surface area contributed by atoms with Gasteiger partial charge in [-0.05, 0) is 88.4 Å². The molecular formula is C28H44O3. The fourth-order valence-corrected chi connectivity index (χ4v) is 6.87. The van der Waals surface area contributed by atoms with Crippen molar-refractivity contribution in [2.45, 2.75) is 110 Å². The third-order valence-corrected chi connectivity index (χ3v) is 8.48. The lowest BCUT2D eigenvalue weighted by molar-refractivity contribution is -0.00700. The number of rotatable bonds is 4. The minimum absolute atomic E-state index is 0.0133. The van der Waals surface area contributed by atoms with Crippen LogP contribution < -0.4 is 0 Å². The lowest BCUT2D eigenvalue weighted by atomic mass is 9.61. The molecule has 0 unspecified atom stereocenters. The molecule has 0 spiro atoms. The Bertz CT molecular complexity index is 732. The van der Waals surface area contributed by atoms with Gasteiger partial charge < -0.3 is 15.3 Å². The minimum atomic E-state index is -0.909. The summed E-state index contributed by atoms with van der Waals surface area (Å²) in [5.74, 6) is 8.09. The van der Waals surface area contributed by atoms with Crippen molar-refractivity contribution in [1.29, 1.82) is 0 Å². The van der Waals surface area contributed by atoms with Crippen LogP contribution in [0.5, 0.6) is 0 Å². The van der Waals surface area contributed by atoms with E-state index in [0.29, 0.717) is 36.0 Å². The third kappa shape index (κ3) is 5.65. The molecule has 0 saturated heterocycles. The highest BCUT2D eigenvalue weighted by Crippen LogP contribution is 2.59. The van der Waals surface area contributed by atoms with Crippen LogP contribution in [0.1, 0.15) is 92.4 Å². The summed E-state index contributed by atoms with van der Waals surface area (Å²) in [6.07, 6.45) is 13.0. The van der Waals surface area contributed by atoms with Gasteiger partial charge in [0.1, 0.15) is 5.60 Å². The van der Waals surface area contributed by atoms with Gasteiger partial charge >= 0.3 is 0 Å². The molecule has 0 heterocycles. The van der Waals surface area contributed by atoms with Crippen LogP contribution in [0.2, 0.25) is 0 Å². The van der Waals surface area contributed by atoms with E-state index in [2.05, 4.69) is 37.8 Å². The van der Waals surface area contributed by atoms with E-state index >= 15 is 0 Å². The number of fused-ring (bicyclic) bond motifs is 1. The summed E-state index contributed by atoms with van der Waals surface area (Å²) in [5.41, 5.74) is 2.18. The van der Waals surface area contributed by atoms with E-state index in [4.69, 9.17) is 0 Å². The van der Waals surface area contributed by atoms with Gasteiger partial charge in [0.15, 0.2) is 0 Å². The van der Waals surface area contributed by atoms with E-state index in [1.54, 1.807) is 19.4 Å². The molecule has 0 amide bonds. The van der Waals surface area contributed by atoms with Crippen LogP contribution in [0.4, 0.5) is 0 Å². The summed E-state index contributed by atoms with van der Waals surface area (Å²) in [4.78, 5) is 0. The van der Waals surface area contributed by atoms with Crippen molar-refractivity contribution in [2.24, 2.45) is 29.1 Å². The molecule has 0 aromatic heterocycles. The maximum Gasteiger partial charge on any atom is 0.119 e. The first-order chi connectivity index (χ1) is 14.5. The van der Waals surface area contributed by atoms with Crippen LogP contribution in [0, 0.1) is 40.9 Å². The smallest absolute Gasteiger partial charge is 0.119 e. The maximum atomic E-state index is 10.4. The van der Waals surface area contributed by atoms with Gasteiger partial charge in [0.2, 0.25) is 0 Å². The summed E-state index contributed by atoms with van der Waals surface area (Å²) in [5, 5.41) is 30.7. The molecule has 0 radical (unpaired) electrons. The SMILES string of the molecule is CCC1[C@H](O)CC(=C/C=C2\CCC[C@@]3(C)[C@@H]2CC[C@@H]3[C@@H](C)CC#CC(C)(C)O)C[C@H]1O. The van der Waals surface area contributed by atoms with Crippen molar-refractivity contribution >= 4 is 0 Å². The largest absolute Gasteiger partial charge is 0.392 e. The molecule has 3 aliphatic carbocycles. The van der Waals surface area contributed by atoms with Crippen LogP contribution in [0.15, 0.2) is 23.3 Å². The summed E-state index contributed by atoms with van der Waals surface area (Å²) < 4.78 is 0. The first-order valence-corrected chi connectivity index (χ1v) is 12.5. The second kappa shape index (κ2) is 9.82. The van der Waals surface area contributed by atoms with E-state index in [9.17, 15) is 15.3 Å². The number of allylic oxidation sites excluding steroid dienone is 3. The van der Waals surface area contributed by atoms with Gasteiger partial charge in [-0.2, -0.15) is 0 Å². The topological polar surface area (TPSA) is 60.7 Å². The van der Waals surface area contributed by atoms with Crippen LogP contribution in [-0.2, 0) is 0 Å². The predicted molar refractivity (Wildman–Crippen MR) is 127 cm³/mol. The summed E-state index contributed by atoms with van der Waals surface area (Å²) in [6.45, 7) is 10.4. The van der Waals surface area contributed by atoms with E-state index in [-0.39, 0.29) is 5.92 Å². The summed E-state index contributed by atoms with van der Waals surface area (Å²) in [6, 6.07) is 0. The van der Waals surface area contributed by atoms with Crippen LogP contribution in [0.25, 0.3) is 0 Å². The van der Waals surface area contributed by atoms with Crippen molar-refractivity contribution in [2.75, 3.05) is 0 Å². The standard InChI is InChI=1S/C28H44O3/c1-6-22-25(29)17-20(18-26(22)30)11-12-21-10-8-16-28(5)23(13-14-24(21)28)19(2)9-7-15-27(3,4)31/h11-12,19,22-26,29-31H,6,8-10,13-14,16-18H2,1-5H3/b20-11?,21-12+/t19-,22?,23+,24+,25+,26+,28+/m0/s1. The molecule has 3 fully saturated rings. The van der Waals surface area contributed by atoms with Gasteiger partial charge in [-0.15, -0.1) is 5.92 Å². The molecule has 0 aromatic carbocycles. The maximum absolute atomic E-state index is 10.4. The molecule has 0 aromatic rings. The molecule has 3 heteroatoms. The Morgan fingerprint density at radius 2 is 1.84 bits per heavy atom. The molecule has 0 aliphatic heterocycles. The molecule has 3 saturated carbocycles. The summed E-state index contributed by atoms with van der Waals surface area (Å²) in [7, 11) is 0. The van der Waals surface area contributed by atoms with E-state index in [0.717, 1.165) is 12.8 Å². The van der Waals surface area contributed by atoms with Crippen molar-refractivity contribution in [3.8, 4) is 11.8 Å². The molecule has 3 rings (SSSR count). The minimum Gasteiger partial charge on any atom is -0.392 e. The van der Waals surface area contributed by atoms with Crippen molar-refractivity contribution in [1.82, 2.24) is 0 Å². The zero-order valence-corrected chi connectivity index (χ0v) is 20.3. The van der Waals surface area contributed by atoms with Gasteiger partial charge in [-0.3, -0.25) is 0 Å². The Morgan fingerprint density at radius 1 is 1.16 bits per heavy atom. The number of hydrogen-bond acceptors (Lipinski definition) is 3. The summed E-state index contributed by atoms with van der Waals surface area (Å²) >= 11 is 0. The highest BCUT2D eigenvalue weighted by Gasteiger charge is 2.50. The van der Waals surface area contributed by atoms with E-state index < -0.39 is 17.8 Å². The van der Waals surface area contributed by atoms with Crippen LogP contribution in [0.3, 0.4) is 0 Å². The van der Waals surface area contributed by atoms with Gasteiger partial charge in [-0.25, -0.2) is 0 Å². The number of aliphatic hydroxyl groups is 3. The Kier molecular flexibility index (Phi) is 7.78. The average molecular weight is 429 g/mol. The Hall–Kier alpha value is -1.08. The zero-order chi connectivity index (χ0) is 22.8. The molecule has 3 N–H and O–H groups in total. The van der Waals surface area contributed by atoms with Crippen LogP contribution >= 0.6 is 0 Å². The molecule has 31 heavy (non-hydrogen) atoms. The van der Waals surface area contributed by atoms with Gasteiger partial charge in [0.05, 0.1) is 12.2 Å². The van der Waals surface area contributed by atoms with Crippen molar-refractivity contribution < 1.29 is 15.3 Å². The fourth-order valence-electron chi connectivity index (χ4n) is 6.87. The second-order valence-corrected chi connectivity index (χ2v) is 11.3. The number of aliphatic hydroxyl groups excluding tert-OH is 2. The zero-order valence-electron chi connectivity index (χ0n) is 20.3. The van der Waals surface area contributed by atoms with Crippen molar-refractivity contribution in [3.05, 3.63) is 23.3 Å². The lowest BCUT2D eigenvalue weighted by Crippen LogP contribution is -2.36. The average Bonchev–Trinajstić information content (AvgIpc) is 3.02. The van der Waals surface area contributed by atoms with Gasteiger partial charge in [0, 0.05) is 12.3 Å². The Labute approximate surface area is 190 Å².